The topological polar surface area (TPSA) is 128 Å². The summed E-state index contributed by atoms with van der Waals surface area (Å²) in [6.45, 7) is 4.56. The van der Waals surface area contributed by atoms with Gasteiger partial charge in [0.15, 0.2) is 6.04 Å². The number of carboxylic acid groups (broad SMARTS) is 1. The van der Waals surface area contributed by atoms with Gasteiger partial charge in [-0.15, -0.1) is 0 Å². The van der Waals surface area contributed by atoms with E-state index >= 15 is 0 Å². The SMILES string of the molecule is CNC(=O)C(C)(C)CNC(=O)NC(C(=O)O)C(C)O. The average molecular weight is 275 g/mol. The first kappa shape index (κ1) is 17.2. The molecule has 2 unspecified atom stereocenters. The molecule has 0 aliphatic rings. The zero-order valence-electron chi connectivity index (χ0n) is 11.5. The molecule has 0 spiro atoms. The number of carbonyl (C=O) groups is 3. The fourth-order valence-corrected chi connectivity index (χ4v) is 1.30. The van der Waals surface area contributed by atoms with Gasteiger partial charge in [0.2, 0.25) is 5.91 Å². The molecule has 19 heavy (non-hydrogen) atoms. The van der Waals surface area contributed by atoms with E-state index in [0.717, 1.165) is 0 Å². The van der Waals surface area contributed by atoms with E-state index in [1.807, 2.05) is 0 Å². The molecule has 3 amide bonds. The summed E-state index contributed by atoms with van der Waals surface area (Å²) in [5.74, 6) is -1.59. The lowest BCUT2D eigenvalue weighted by Crippen LogP contribution is -2.53. The van der Waals surface area contributed by atoms with Crippen LogP contribution in [0.25, 0.3) is 0 Å². The second-order valence-electron chi connectivity index (χ2n) is 4.85. The number of amides is 3. The first-order chi connectivity index (χ1) is 8.61. The van der Waals surface area contributed by atoms with Gasteiger partial charge in [-0.25, -0.2) is 9.59 Å². The predicted octanol–water partition coefficient (Wildman–Crippen LogP) is -1.11. The summed E-state index contributed by atoms with van der Waals surface area (Å²) >= 11 is 0. The van der Waals surface area contributed by atoms with Crippen LogP contribution in [-0.2, 0) is 9.59 Å². The maximum atomic E-state index is 11.5. The Kier molecular flexibility index (Phi) is 6.26. The molecule has 110 valence electrons. The monoisotopic (exact) mass is 275 g/mol. The van der Waals surface area contributed by atoms with Crippen molar-refractivity contribution in [2.75, 3.05) is 13.6 Å². The van der Waals surface area contributed by atoms with Gasteiger partial charge in [0, 0.05) is 13.6 Å². The number of rotatable bonds is 6. The number of carbonyl (C=O) groups excluding carboxylic acids is 2. The molecule has 0 saturated heterocycles. The van der Waals surface area contributed by atoms with Gasteiger partial charge in [-0.3, -0.25) is 4.79 Å². The fourth-order valence-electron chi connectivity index (χ4n) is 1.30. The van der Waals surface area contributed by atoms with Crippen molar-refractivity contribution in [1.29, 1.82) is 0 Å². The zero-order valence-corrected chi connectivity index (χ0v) is 11.5. The van der Waals surface area contributed by atoms with E-state index in [-0.39, 0.29) is 12.5 Å². The third-order valence-corrected chi connectivity index (χ3v) is 2.57. The van der Waals surface area contributed by atoms with Gasteiger partial charge < -0.3 is 26.2 Å². The van der Waals surface area contributed by atoms with Crippen LogP contribution in [0.1, 0.15) is 20.8 Å². The molecule has 0 aromatic heterocycles. The van der Waals surface area contributed by atoms with Crippen LogP contribution in [0.5, 0.6) is 0 Å². The smallest absolute Gasteiger partial charge is 0.328 e. The molecule has 0 aromatic carbocycles. The predicted molar refractivity (Wildman–Crippen MR) is 67.5 cm³/mol. The standard InChI is InChI=1S/C11H21N3O5/c1-6(15)7(8(16)17)14-10(19)13-5-11(2,3)9(18)12-4/h6-7,15H,5H2,1-4H3,(H,12,18)(H,16,17)(H2,13,14,19). The Bertz CT molecular complexity index is 354. The van der Waals surface area contributed by atoms with Gasteiger partial charge in [0.05, 0.1) is 11.5 Å². The van der Waals surface area contributed by atoms with E-state index in [2.05, 4.69) is 16.0 Å². The molecule has 0 heterocycles. The maximum absolute atomic E-state index is 11.5. The highest BCUT2D eigenvalue weighted by molar-refractivity contribution is 5.85. The molecule has 0 aliphatic carbocycles. The molecular weight excluding hydrogens is 254 g/mol. The van der Waals surface area contributed by atoms with Crippen LogP contribution in [-0.4, -0.2) is 53.9 Å². The van der Waals surface area contributed by atoms with E-state index in [1.165, 1.54) is 14.0 Å². The zero-order chi connectivity index (χ0) is 15.2. The normalized spacial score (nSPS) is 14.2. The van der Waals surface area contributed by atoms with Crippen LogP contribution in [0.4, 0.5) is 4.79 Å². The molecule has 0 radical (unpaired) electrons. The Hall–Kier alpha value is -1.83. The van der Waals surface area contributed by atoms with E-state index in [0.29, 0.717) is 0 Å². The van der Waals surface area contributed by atoms with Crippen molar-refractivity contribution in [2.24, 2.45) is 5.41 Å². The summed E-state index contributed by atoms with van der Waals surface area (Å²) in [6.07, 6.45) is -1.23. The van der Waals surface area contributed by atoms with Crippen LogP contribution in [0.2, 0.25) is 0 Å². The summed E-state index contributed by atoms with van der Waals surface area (Å²) < 4.78 is 0. The molecule has 0 fully saturated rings. The molecule has 8 heteroatoms. The largest absolute Gasteiger partial charge is 0.480 e. The van der Waals surface area contributed by atoms with E-state index in [1.54, 1.807) is 13.8 Å². The molecular formula is C11H21N3O5. The van der Waals surface area contributed by atoms with Gasteiger partial charge in [0.25, 0.3) is 0 Å². The molecule has 0 aliphatic heterocycles. The van der Waals surface area contributed by atoms with Gasteiger partial charge in [-0.05, 0) is 20.8 Å². The molecule has 5 N–H and O–H groups in total. The summed E-state index contributed by atoms with van der Waals surface area (Å²) in [5, 5.41) is 24.9. The van der Waals surface area contributed by atoms with Crippen molar-refractivity contribution in [1.82, 2.24) is 16.0 Å². The second kappa shape index (κ2) is 6.93. The molecule has 8 nitrogen and oxygen atoms in total. The quantitative estimate of drug-likeness (QED) is 0.420. The van der Waals surface area contributed by atoms with Gasteiger partial charge in [-0.1, -0.05) is 0 Å². The van der Waals surface area contributed by atoms with Crippen molar-refractivity contribution in [3.05, 3.63) is 0 Å². The minimum Gasteiger partial charge on any atom is -0.480 e. The van der Waals surface area contributed by atoms with Gasteiger partial charge >= 0.3 is 12.0 Å². The average Bonchev–Trinajstić information content (AvgIpc) is 2.31. The minimum atomic E-state index is -1.40. The van der Waals surface area contributed by atoms with Crippen molar-refractivity contribution >= 4 is 17.9 Å². The Labute approximate surface area is 111 Å². The van der Waals surface area contributed by atoms with E-state index in [4.69, 9.17) is 5.11 Å². The Morgan fingerprint density at radius 3 is 2.16 bits per heavy atom. The van der Waals surface area contributed by atoms with E-state index in [9.17, 15) is 19.5 Å². The number of aliphatic hydroxyl groups is 1. The lowest BCUT2D eigenvalue weighted by atomic mass is 9.92. The summed E-state index contributed by atoms with van der Waals surface area (Å²) in [6, 6.07) is -2.16. The van der Waals surface area contributed by atoms with Crippen LogP contribution in [0.15, 0.2) is 0 Å². The lowest BCUT2D eigenvalue weighted by Gasteiger charge is -2.24. The van der Waals surface area contributed by atoms with Crippen LogP contribution in [0, 0.1) is 5.41 Å². The number of aliphatic hydroxyl groups excluding tert-OH is 1. The van der Waals surface area contributed by atoms with E-state index < -0.39 is 29.6 Å². The van der Waals surface area contributed by atoms with Crippen molar-refractivity contribution in [3.8, 4) is 0 Å². The molecule has 0 rings (SSSR count). The third-order valence-electron chi connectivity index (χ3n) is 2.57. The molecule has 0 saturated carbocycles. The van der Waals surface area contributed by atoms with Gasteiger partial charge in [-0.2, -0.15) is 0 Å². The van der Waals surface area contributed by atoms with Crippen molar-refractivity contribution < 1.29 is 24.6 Å². The third kappa shape index (κ3) is 5.56. The summed E-state index contributed by atoms with van der Waals surface area (Å²) in [5.41, 5.74) is -0.824. The summed E-state index contributed by atoms with van der Waals surface area (Å²) in [7, 11) is 1.48. The number of carboxylic acids is 1. The minimum absolute atomic E-state index is 0.0324. The lowest BCUT2D eigenvalue weighted by molar-refractivity contribution is -0.141. The number of aliphatic carboxylic acids is 1. The number of hydrogen-bond donors (Lipinski definition) is 5. The van der Waals surface area contributed by atoms with Crippen molar-refractivity contribution in [2.45, 2.75) is 32.9 Å². The second-order valence-corrected chi connectivity index (χ2v) is 4.85. The number of hydrogen-bond acceptors (Lipinski definition) is 4. The molecule has 0 bridgehead atoms. The van der Waals surface area contributed by atoms with Crippen LogP contribution in [0.3, 0.4) is 0 Å². The fraction of sp³-hybridized carbons (Fsp3) is 0.727. The van der Waals surface area contributed by atoms with Crippen LogP contribution >= 0.6 is 0 Å². The number of nitrogens with one attached hydrogen (secondary N) is 3. The Morgan fingerprint density at radius 1 is 1.26 bits per heavy atom. The highest BCUT2D eigenvalue weighted by Gasteiger charge is 2.29. The highest BCUT2D eigenvalue weighted by atomic mass is 16.4. The molecule has 2 atom stereocenters. The highest BCUT2D eigenvalue weighted by Crippen LogP contribution is 2.12. The maximum Gasteiger partial charge on any atom is 0.328 e. The van der Waals surface area contributed by atoms with Crippen LogP contribution < -0.4 is 16.0 Å². The molecule has 0 aromatic rings. The van der Waals surface area contributed by atoms with Crippen molar-refractivity contribution in [3.63, 3.8) is 0 Å². The number of urea groups is 1. The first-order valence-electron chi connectivity index (χ1n) is 5.79. The van der Waals surface area contributed by atoms with Gasteiger partial charge in [0.1, 0.15) is 0 Å². The first-order valence-corrected chi connectivity index (χ1v) is 5.79. The Morgan fingerprint density at radius 2 is 1.79 bits per heavy atom. The Balaban J connectivity index is 4.40. The summed E-state index contributed by atoms with van der Waals surface area (Å²) in [4.78, 5) is 33.7.